The van der Waals surface area contributed by atoms with Crippen LogP contribution in [0.4, 0.5) is 4.39 Å². The minimum atomic E-state index is -0.584. The van der Waals surface area contributed by atoms with Gasteiger partial charge in [0, 0.05) is 6.42 Å². The Balaban J connectivity index is 3.12. The summed E-state index contributed by atoms with van der Waals surface area (Å²) in [6.07, 6.45) is 1.52. The topological polar surface area (TPSA) is 17.1 Å². The summed E-state index contributed by atoms with van der Waals surface area (Å²) in [6, 6.07) is 4.16. The van der Waals surface area contributed by atoms with Crippen LogP contribution < -0.4 is 0 Å². The zero-order valence-corrected chi connectivity index (χ0v) is 7.64. The average Bonchev–Trinajstić information content (AvgIpc) is 2.04. The molecule has 0 unspecified atom stereocenters. The molecule has 0 aliphatic heterocycles. The van der Waals surface area contributed by atoms with Crippen LogP contribution in [0.25, 0.3) is 0 Å². The molecule has 0 N–H and O–H groups in total. The molecule has 3 heteroatoms. The quantitative estimate of drug-likeness (QED) is 0.538. The van der Waals surface area contributed by atoms with Gasteiger partial charge < -0.3 is 0 Å². The molecule has 1 nitrogen and oxygen atoms in total. The van der Waals surface area contributed by atoms with Crippen molar-refractivity contribution in [2.45, 2.75) is 6.42 Å². The Morgan fingerprint density at radius 1 is 1.62 bits per heavy atom. The lowest BCUT2D eigenvalue weighted by Gasteiger charge is -2.01. The first-order valence-electron chi connectivity index (χ1n) is 3.75. The van der Waals surface area contributed by atoms with Gasteiger partial charge in [0.2, 0.25) is 0 Å². The number of carbonyl (C=O) groups excluding carboxylic acids is 1. The van der Waals surface area contributed by atoms with Gasteiger partial charge in [-0.2, -0.15) is 0 Å². The van der Waals surface area contributed by atoms with Crippen molar-refractivity contribution >= 4 is 17.4 Å². The van der Waals surface area contributed by atoms with Crippen LogP contribution in [0.5, 0.6) is 0 Å². The van der Waals surface area contributed by atoms with Crippen LogP contribution >= 0.6 is 11.6 Å². The molecule has 68 valence electrons. The van der Waals surface area contributed by atoms with Gasteiger partial charge in [-0.15, -0.1) is 6.58 Å². The molecule has 13 heavy (non-hydrogen) atoms. The molecular weight excluding hydrogens is 191 g/mol. The second kappa shape index (κ2) is 4.19. The smallest absolute Gasteiger partial charge is 0.171 e. The van der Waals surface area contributed by atoms with Gasteiger partial charge in [0.05, 0.1) is 10.6 Å². The summed E-state index contributed by atoms with van der Waals surface area (Å²) < 4.78 is 13.1. The predicted octanol–water partition coefficient (Wildman–Crippen LogP) is 3.24. The van der Waals surface area contributed by atoms with E-state index in [-0.39, 0.29) is 22.8 Å². The molecule has 0 fully saturated rings. The van der Waals surface area contributed by atoms with Crippen molar-refractivity contribution in [3.8, 4) is 0 Å². The van der Waals surface area contributed by atoms with Crippen LogP contribution in [-0.2, 0) is 0 Å². The molecule has 0 radical (unpaired) electrons. The number of hydrogen-bond donors (Lipinski definition) is 0. The van der Waals surface area contributed by atoms with Crippen LogP contribution in [0, 0.1) is 5.82 Å². The summed E-state index contributed by atoms with van der Waals surface area (Å²) in [6.45, 7) is 3.40. The van der Waals surface area contributed by atoms with E-state index in [0.717, 1.165) is 0 Å². The Morgan fingerprint density at radius 2 is 2.31 bits per heavy atom. The Morgan fingerprint density at radius 3 is 2.85 bits per heavy atom. The SMILES string of the molecule is C=CCC(=O)c1c(F)cccc1Cl. The van der Waals surface area contributed by atoms with Crippen LogP contribution in [0.15, 0.2) is 30.9 Å². The number of ketones is 1. The Labute approximate surface area is 80.8 Å². The summed E-state index contributed by atoms with van der Waals surface area (Å²) in [5, 5.41) is 0.145. The molecule has 0 amide bonds. The second-order valence-corrected chi connectivity index (χ2v) is 2.92. The van der Waals surface area contributed by atoms with E-state index in [2.05, 4.69) is 6.58 Å². The highest BCUT2D eigenvalue weighted by molar-refractivity contribution is 6.34. The van der Waals surface area contributed by atoms with Gasteiger partial charge in [0.1, 0.15) is 5.82 Å². The fraction of sp³-hybridized carbons (Fsp3) is 0.100. The van der Waals surface area contributed by atoms with Gasteiger partial charge >= 0.3 is 0 Å². The Hall–Kier alpha value is -1.15. The number of allylic oxidation sites excluding steroid dienone is 1. The first kappa shape index (κ1) is 9.93. The minimum absolute atomic E-state index is 0.0518. The van der Waals surface area contributed by atoms with E-state index in [0.29, 0.717) is 0 Å². The Kier molecular flexibility index (Phi) is 3.20. The monoisotopic (exact) mass is 198 g/mol. The Bertz CT molecular complexity index is 327. The standard InChI is InChI=1S/C10H8ClFO/c1-2-4-9(13)10-7(11)5-3-6-8(10)12/h2-3,5-6H,1,4H2. The van der Waals surface area contributed by atoms with Crippen molar-refractivity contribution in [3.63, 3.8) is 0 Å². The summed E-state index contributed by atoms with van der Waals surface area (Å²) >= 11 is 5.66. The van der Waals surface area contributed by atoms with Gasteiger partial charge in [-0.25, -0.2) is 4.39 Å². The van der Waals surface area contributed by atoms with Gasteiger partial charge in [-0.05, 0) is 12.1 Å². The lowest BCUT2D eigenvalue weighted by Crippen LogP contribution is -2.01. The molecule has 0 saturated carbocycles. The molecule has 0 aliphatic carbocycles. The van der Waals surface area contributed by atoms with Crippen LogP contribution in [0.1, 0.15) is 16.8 Å². The number of benzene rings is 1. The molecule has 1 aromatic rings. The first-order valence-corrected chi connectivity index (χ1v) is 4.12. The van der Waals surface area contributed by atoms with E-state index in [4.69, 9.17) is 11.6 Å². The molecule has 1 aromatic carbocycles. The maximum absolute atomic E-state index is 13.1. The third kappa shape index (κ3) is 2.16. The molecular formula is C10H8ClFO. The van der Waals surface area contributed by atoms with E-state index in [1.54, 1.807) is 0 Å². The molecule has 1 rings (SSSR count). The van der Waals surface area contributed by atoms with Gasteiger partial charge in [0.25, 0.3) is 0 Å². The van der Waals surface area contributed by atoms with E-state index in [9.17, 15) is 9.18 Å². The molecule has 0 heterocycles. The van der Waals surface area contributed by atoms with E-state index in [1.165, 1.54) is 24.3 Å². The molecule has 0 atom stereocenters. The van der Waals surface area contributed by atoms with Crippen molar-refractivity contribution in [1.29, 1.82) is 0 Å². The third-order valence-electron chi connectivity index (χ3n) is 1.57. The van der Waals surface area contributed by atoms with Crippen molar-refractivity contribution in [1.82, 2.24) is 0 Å². The van der Waals surface area contributed by atoms with Crippen molar-refractivity contribution in [2.75, 3.05) is 0 Å². The zero-order chi connectivity index (χ0) is 9.84. The molecule has 0 bridgehead atoms. The number of hydrogen-bond acceptors (Lipinski definition) is 1. The number of halogens is 2. The van der Waals surface area contributed by atoms with E-state index < -0.39 is 5.82 Å². The van der Waals surface area contributed by atoms with E-state index >= 15 is 0 Å². The maximum Gasteiger partial charge on any atom is 0.171 e. The van der Waals surface area contributed by atoms with Crippen LogP contribution in [-0.4, -0.2) is 5.78 Å². The summed E-state index contributed by atoms with van der Waals surface area (Å²) in [4.78, 5) is 11.3. The highest BCUT2D eigenvalue weighted by Crippen LogP contribution is 2.20. The maximum atomic E-state index is 13.1. The second-order valence-electron chi connectivity index (χ2n) is 2.51. The number of Topliss-reactive ketones (excluding diaryl/α,β-unsaturated/α-hetero) is 1. The van der Waals surface area contributed by atoms with Crippen LogP contribution in [0.3, 0.4) is 0 Å². The lowest BCUT2D eigenvalue weighted by atomic mass is 10.1. The average molecular weight is 199 g/mol. The lowest BCUT2D eigenvalue weighted by molar-refractivity contribution is 0.0992. The number of rotatable bonds is 3. The summed E-state index contributed by atoms with van der Waals surface area (Å²) in [5.41, 5.74) is -0.0518. The zero-order valence-electron chi connectivity index (χ0n) is 6.89. The normalized spacial score (nSPS) is 9.69. The first-order chi connectivity index (χ1) is 6.16. The molecule has 0 aliphatic rings. The molecule has 0 aromatic heterocycles. The molecule has 0 saturated heterocycles. The van der Waals surface area contributed by atoms with Gasteiger partial charge in [0.15, 0.2) is 5.78 Å². The van der Waals surface area contributed by atoms with Gasteiger partial charge in [-0.1, -0.05) is 23.7 Å². The van der Waals surface area contributed by atoms with Crippen LogP contribution in [0.2, 0.25) is 5.02 Å². The van der Waals surface area contributed by atoms with E-state index in [1.807, 2.05) is 0 Å². The van der Waals surface area contributed by atoms with Crippen molar-refractivity contribution < 1.29 is 9.18 Å². The molecule has 0 spiro atoms. The fourth-order valence-electron chi connectivity index (χ4n) is 0.997. The van der Waals surface area contributed by atoms with Gasteiger partial charge in [-0.3, -0.25) is 4.79 Å². The largest absolute Gasteiger partial charge is 0.294 e. The minimum Gasteiger partial charge on any atom is -0.294 e. The number of carbonyl (C=O) groups is 1. The fourth-order valence-corrected chi connectivity index (χ4v) is 1.27. The summed E-state index contributed by atoms with van der Waals surface area (Å²) in [7, 11) is 0. The summed E-state index contributed by atoms with van der Waals surface area (Å²) in [5.74, 6) is -0.933. The third-order valence-corrected chi connectivity index (χ3v) is 1.89. The van der Waals surface area contributed by atoms with Crippen molar-refractivity contribution in [3.05, 3.63) is 47.3 Å². The highest BCUT2D eigenvalue weighted by atomic mass is 35.5. The predicted molar refractivity (Wildman–Crippen MR) is 50.6 cm³/mol. The van der Waals surface area contributed by atoms with Crippen molar-refractivity contribution in [2.24, 2.45) is 0 Å². The highest BCUT2D eigenvalue weighted by Gasteiger charge is 2.13.